The summed E-state index contributed by atoms with van der Waals surface area (Å²) in [7, 11) is 0. The van der Waals surface area contributed by atoms with Gasteiger partial charge >= 0.3 is 0 Å². The van der Waals surface area contributed by atoms with E-state index in [0.29, 0.717) is 0 Å². The molecule has 286 valence electrons. The Labute approximate surface area is 355 Å². The molecule has 0 bridgehead atoms. The first-order valence-electron chi connectivity index (χ1n) is 21.5. The minimum absolute atomic E-state index is 0.526. The van der Waals surface area contributed by atoms with Crippen LogP contribution in [-0.4, -0.2) is 4.57 Å². The molecule has 2 aliphatic rings. The van der Waals surface area contributed by atoms with Crippen LogP contribution in [0.2, 0.25) is 0 Å². The molecular formula is C59H40N2. The number of para-hydroxylation sites is 2. The number of hydrogen-bond acceptors (Lipinski definition) is 1. The molecule has 10 aromatic carbocycles. The van der Waals surface area contributed by atoms with Crippen LogP contribution < -0.4 is 4.90 Å². The second-order valence-corrected chi connectivity index (χ2v) is 16.7. The Bertz CT molecular complexity index is 3590. The zero-order chi connectivity index (χ0) is 40.2. The molecule has 0 saturated carbocycles. The van der Waals surface area contributed by atoms with Crippen LogP contribution in [-0.2, 0) is 11.8 Å². The number of benzene rings is 10. The molecule has 0 fully saturated rings. The minimum Gasteiger partial charge on any atom is -0.310 e. The number of rotatable bonds is 5. The van der Waals surface area contributed by atoms with Crippen molar-refractivity contribution in [1.82, 2.24) is 4.57 Å². The summed E-state index contributed by atoms with van der Waals surface area (Å²) in [4.78, 5) is 2.53. The standard InChI is InChI=1S/C59H40N2/c1-2-38-30-31-40-18-14-24-48-46-22-9-12-26-51(46)59(58(38)56(40)48)50-25-11-8-21-45(50)47-35-34-44(37-52(47)59)60(43-33-32-39-16-6-7-17-41(39)36-43)54-28-15-29-55-57(54)49-23-10-13-27-53(49)61(55)42-19-4-3-5-20-42/h3-37H,2H2,1H3. The summed E-state index contributed by atoms with van der Waals surface area (Å²) >= 11 is 0. The molecule has 0 aliphatic heterocycles. The van der Waals surface area contributed by atoms with Gasteiger partial charge in [0.25, 0.3) is 0 Å². The number of nitrogens with zero attached hydrogens (tertiary/aromatic N) is 2. The second kappa shape index (κ2) is 12.9. The third kappa shape index (κ3) is 4.62. The van der Waals surface area contributed by atoms with Crippen LogP contribution in [0, 0.1) is 0 Å². The van der Waals surface area contributed by atoms with E-state index >= 15 is 0 Å². The molecule has 2 heteroatoms. The van der Waals surface area contributed by atoms with E-state index in [1.54, 1.807) is 0 Å². The summed E-state index contributed by atoms with van der Waals surface area (Å²) in [5.41, 5.74) is 18.5. The fraction of sp³-hybridized carbons (Fsp3) is 0.0508. The summed E-state index contributed by atoms with van der Waals surface area (Å²) in [6, 6.07) is 79.5. The average Bonchev–Trinajstić information content (AvgIpc) is 3.82. The third-order valence-corrected chi connectivity index (χ3v) is 13.7. The van der Waals surface area contributed by atoms with Crippen LogP contribution in [0.4, 0.5) is 17.1 Å². The molecule has 13 rings (SSSR count). The van der Waals surface area contributed by atoms with Crippen LogP contribution in [0.25, 0.3) is 71.3 Å². The first-order valence-corrected chi connectivity index (χ1v) is 21.5. The lowest BCUT2D eigenvalue weighted by atomic mass is 9.60. The van der Waals surface area contributed by atoms with E-state index in [9.17, 15) is 0 Å². The van der Waals surface area contributed by atoms with Crippen molar-refractivity contribution in [3.05, 3.63) is 240 Å². The molecule has 1 heterocycles. The highest BCUT2D eigenvalue weighted by Crippen LogP contribution is 2.63. The van der Waals surface area contributed by atoms with Gasteiger partial charge in [-0.1, -0.05) is 165 Å². The molecule has 61 heavy (non-hydrogen) atoms. The van der Waals surface area contributed by atoms with Crippen LogP contribution in [0.3, 0.4) is 0 Å². The van der Waals surface area contributed by atoms with Gasteiger partial charge in [-0.15, -0.1) is 0 Å². The highest BCUT2D eigenvalue weighted by atomic mass is 15.1. The first-order chi connectivity index (χ1) is 30.2. The molecule has 1 atom stereocenters. The number of aromatic nitrogens is 1. The SMILES string of the molecule is CCc1ccc2cccc3c2c1C1(c2ccccc2-c2ccc(N(c4ccc5ccccc5c4)c4cccc5c4c4ccccc4n5-c4ccccc4)cc21)c1ccccc1-3. The topological polar surface area (TPSA) is 8.17 Å². The van der Waals surface area contributed by atoms with Crippen LogP contribution in [0.1, 0.15) is 34.7 Å². The van der Waals surface area contributed by atoms with Gasteiger partial charge in [0.1, 0.15) is 0 Å². The van der Waals surface area contributed by atoms with Crippen molar-refractivity contribution in [3.63, 3.8) is 0 Å². The third-order valence-electron chi connectivity index (χ3n) is 13.7. The van der Waals surface area contributed by atoms with E-state index in [2.05, 4.69) is 229 Å². The lowest BCUT2D eigenvalue weighted by molar-refractivity contribution is 0.759. The number of aryl methyl sites for hydroxylation is 1. The molecule has 2 nitrogen and oxygen atoms in total. The smallest absolute Gasteiger partial charge is 0.0729 e. The van der Waals surface area contributed by atoms with E-state index in [4.69, 9.17) is 0 Å². The maximum atomic E-state index is 2.54. The van der Waals surface area contributed by atoms with E-state index < -0.39 is 5.41 Å². The van der Waals surface area contributed by atoms with E-state index in [0.717, 1.165) is 29.2 Å². The van der Waals surface area contributed by atoms with Gasteiger partial charge in [-0.25, -0.2) is 0 Å². The molecule has 11 aromatic rings. The van der Waals surface area contributed by atoms with Crippen molar-refractivity contribution >= 4 is 60.4 Å². The van der Waals surface area contributed by atoms with Gasteiger partial charge < -0.3 is 9.47 Å². The molecular weight excluding hydrogens is 737 g/mol. The van der Waals surface area contributed by atoms with Gasteiger partial charge in [0.15, 0.2) is 0 Å². The fourth-order valence-corrected chi connectivity index (χ4v) is 11.3. The van der Waals surface area contributed by atoms with Crippen LogP contribution in [0.15, 0.2) is 212 Å². The van der Waals surface area contributed by atoms with Crippen molar-refractivity contribution in [3.8, 4) is 27.9 Å². The van der Waals surface area contributed by atoms with Gasteiger partial charge in [-0.2, -0.15) is 0 Å². The van der Waals surface area contributed by atoms with Crippen molar-refractivity contribution in [1.29, 1.82) is 0 Å². The van der Waals surface area contributed by atoms with E-state index in [1.165, 1.54) is 93.4 Å². The zero-order valence-corrected chi connectivity index (χ0v) is 33.8. The highest BCUT2D eigenvalue weighted by Gasteiger charge is 2.51. The summed E-state index contributed by atoms with van der Waals surface area (Å²) < 4.78 is 2.42. The summed E-state index contributed by atoms with van der Waals surface area (Å²) in [5.74, 6) is 0. The van der Waals surface area contributed by atoms with Crippen molar-refractivity contribution in [2.75, 3.05) is 4.90 Å². The Balaban J connectivity index is 1.16. The Hall–Kier alpha value is -7.68. The summed E-state index contributed by atoms with van der Waals surface area (Å²) in [6.07, 6.45) is 0.942. The maximum Gasteiger partial charge on any atom is 0.0729 e. The molecule has 2 aliphatic carbocycles. The van der Waals surface area contributed by atoms with Gasteiger partial charge in [0, 0.05) is 27.8 Å². The fourth-order valence-electron chi connectivity index (χ4n) is 11.3. The molecule has 1 spiro atoms. The highest BCUT2D eigenvalue weighted by molar-refractivity contribution is 6.17. The Kier molecular flexibility index (Phi) is 7.24. The summed E-state index contributed by atoms with van der Waals surface area (Å²) in [5, 5.41) is 7.56. The minimum atomic E-state index is -0.526. The lowest BCUT2D eigenvalue weighted by Gasteiger charge is -2.41. The summed E-state index contributed by atoms with van der Waals surface area (Å²) in [6.45, 7) is 2.32. The van der Waals surface area contributed by atoms with Crippen molar-refractivity contribution < 1.29 is 0 Å². The number of hydrogen-bond donors (Lipinski definition) is 0. The van der Waals surface area contributed by atoms with Gasteiger partial charge in [0.05, 0.1) is 22.1 Å². The Morgan fingerprint density at radius 1 is 0.426 bits per heavy atom. The lowest BCUT2D eigenvalue weighted by Crippen LogP contribution is -2.33. The largest absolute Gasteiger partial charge is 0.310 e. The van der Waals surface area contributed by atoms with E-state index in [1.807, 2.05) is 0 Å². The Morgan fingerprint density at radius 3 is 1.87 bits per heavy atom. The van der Waals surface area contributed by atoms with Gasteiger partial charge in [-0.3, -0.25) is 0 Å². The number of anilines is 3. The quantitative estimate of drug-likeness (QED) is 0.169. The molecule has 0 amide bonds. The predicted molar refractivity (Wildman–Crippen MR) is 256 cm³/mol. The first kappa shape index (κ1) is 34.2. The Morgan fingerprint density at radius 2 is 1.03 bits per heavy atom. The molecule has 0 N–H and O–H groups in total. The maximum absolute atomic E-state index is 2.54. The van der Waals surface area contributed by atoms with Gasteiger partial charge in [-0.05, 0) is 133 Å². The monoisotopic (exact) mass is 776 g/mol. The molecule has 0 radical (unpaired) electrons. The number of fused-ring (bicyclic) bond motifs is 13. The normalized spacial score (nSPS) is 14.8. The molecule has 1 aromatic heterocycles. The van der Waals surface area contributed by atoms with Crippen molar-refractivity contribution in [2.45, 2.75) is 18.8 Å². The van der Waals surface area contributed by atoms with Crippen LogP contribution >= 0.6 is 0 Å². The molecule has 0 saturated heterocycles. The van der Waals surface area contributed by atoms with E-state index in [-0.39, 0.29) is 0 Å². The molecule has 1 unspecified atom stereocenters. The van der Waals surface area contributed by atoms with Gasteiger partial charge in [0.2, 0.25) is 0 Å². The second-order valence-electron chi connectivity index (χ2n) is 16.7. The zero-order valence-electron chi connectivity index (χ0n) is 33.8. The van der Waals surface area contributed by atoms with Crippen LogP contribution in [0.5, 0.6) is 0 Å². The predicted octanol–water partition coefficient (Wildman–Crippen LogP) is 15.5. The average molecular weight is 777 g/mol. The van der Waals surface area contributed by atoms with Crippen molar-refractivity contribution in [2.24, 2.45) is 0 Å².